The summed E-state index contributed by atoms with van der Waals surface area (Å²) in [7, 11) is 0. The quantitative estimate of drug-likeness (QED) is 0.342. The van der Waals surface area contributed by atoms with Crippen molar-refractivity contribution in [2.24, 2.45) is 0 Å². The molecule has 0 bridgehead atoms. The maximum atomic E-state index is 12.8. The molecule has 0 radical (unpaired) electrons. The van der Waals surface area contributed by atoms with Crippen molar-refractivity contribution in [3.63, 3.8) is 0 Å². The average Bonchev–Trinajstić information content (AvgIpc) is 3.00. The normalized spacial score (nSPS) is 13.9. The van der Waals surface area contributed by atoms with Gasteiger partial charge in [-0.3, -0.25) is 4.79 Å². The fourth-order valence-electron chi connectivity index (χ4n) is 3.21. The van der Waals surface area contributed by atoms with Crippen molar-refractivity contribution < 1.29 is 19.1 Å². The standard InChI is InChI=1S/C25H20O4/c1-15-4-8-18(9-5-15)13-22-24(26)23-17(3)12-20(14-21(23)29-22)28-25(27)19-10-6-16(2)7-11-19/h4-14H,1-3H3/b22-13-. The van der Waals surface area contributed by atoms with Crippen LogP contribution in [-0.4, -0.2) is 11.8 Å². The van der Waals surface area contributed by atoms with E-state index in [2.05, 4.69) is 0 Å². The van der Waals surface area contributed by atoms with E-state index < -0.39 is 5.97 Å². The molecule has 4 heteroatoms. The van der Waals surface area contributed by atoms with Gasteiger partial charge in [-0.15, -0.1) is 0 Å². The first-order valence-electron chi connectivity index (χ1n) is 9.35. The number of carbonyl (C=O) groups excluding carboxylic acids is 2. The van der Waals surface area contributed by atoms with Gasteiger partial charge in [-0.25, -0.2) is 4.79 Å². The minimum atomic E-state index is -0.455. The van der Waals surface area contributed by atoms with Gasteiger partial charge in [0.05, 0.1) is 11.1 Å². The fraction of sp³-hybridized carbons (Fsp3) is 0.120. The Morgan fingerprint density at radius 1 is 0.897 bits per heavy atom. The van der Waals surface area contributed by atoms with Crippen LogP contribution in [0.2, 0.25) is 0 Å². The molecule has 0 aliphatic carbocycles. The van der Waals surface area contributed by atoms with Crippen LogP contribution in [0.1, 0.15) is 43.0 Å². The van der Waals surface area contributed by atoms with Crippen molar-refractivity contribution >= 4 is 17.8 Å². The molecule has 3 aromatic rings. The number of aryl methyl sites for hydroxylation is 3. The number of ether oxygens (including phenoxy) is 2. The summed E-state index contributed by atoms with van der Waals surface area (Å²) in [6, 6.07) is 18.2. The summed E-state index contributed by atoms with van der Waals surface area (Å²) in [4.78, 5) is 25.2. The third-order valence-electron chi connectivity index (χ3n) is 4.82. The van der Waals surface area contributed by atoms with E-state index in [0.29, 0.717) is 28.2 Å². The van der Waals surface area contributed by atoms with Crippen molar-refractivity contribution in [1.82, 2.24) is 0 Å². The van der Waals surface area contributed by atoms with E-state index in [9.17, 15) is 9.59 Å². The second kappa shape index (κ2) is 7.40. The highest BCUT2D eigenvalue weighted by atomic mass is 16.5. The molecule has 0 spiro atoms. The number of ketones is 1. The highest BCUT2D eigenvalue weighted by molar-refractivity contribution is 6.15. The number of esters is 1. The van der Waals surface area contributed by atoms with E-state index >= 15 is 0 Å². The maximum Gasteiger partial charge on any atom is 0.343 e. The summed E-state index contributed by atoms with van der Waals surface area (Å²) in [5.74, 6) is 0.379. The van der Waals surface area contributed by atoms with Crippen LogP contribution in [-0.2, 0) is 0 Å². The van der Waals surface area contributed by atoms with Gasteiger partial charge in [0.2, 0.25) is 5.78 Å². The summed E-state index contributed by atoms with van der Waals surface area (Å²) >= 11 is 0. The topological polar surface area (TPSA) is 52.6 Å². The first-order chi connectivity index (χ1) is 13.9. The summed E-state index contributed by atoms with van der Waals surface area (Å²) in [6.45, 7) is 5.76. The average molecular weight is 384 g/mol. The van der Waals surface area contributed by atoms with Crippen LogP contribution in [0.25, 0.3) is 6.08 Å². The van der Waals surface area contributed by atoms with Crippen LogP contribution in [0, 0.1) is 20.8 Å². The lowest BCUT2D eigenvalue weighted by Crippen LogP contribution is -2.08. The molecule has 0 aromatic heterocycles. The molecular formula is C25H20O4. The molecule has 144 valence electrons. The smallest absolute Gasteiger partial charge is 0.343 e. The Balaban J connectivity index is 1.59. The number of Topliss-reactive ketones (excluding diaryl/α,β-unsaturated/α-hetero) is 1. The maximum absolute atomic E-state index is 12.8. The van der Waals surface area contributed by atoms with Gasteiger partial charge in [-0.2, -0.15) is 0 Å². The number of hydrogen-bond donors (Lipinski definition) is 0. The minimum Gasteiger partial charge on any atom is -0.452 e. The van der Waals surface area contributed by atoms with Crippen LogP contribution >= 0.6 is 0 Å². The number of hydrogen-bond acceptors (Lipinski definition) is 4. The van der Waals surface area contributed by atoms with Crippen LogP contribution in [0.4, 0.5) is 0 Å². The zero-order valence-corrected chi connectivity index (χ0v) is 16.5. The first-order valence-corrected chi connectivity index (χ1v) is 9.35. The molecule has 29 heavy (non-hydrogen) atoms. The molecule has 0 saturated carbocycles. The lowest BCUT2D eigenvalue weighted by atomic mass is 10.0. The van der Waals surface area contributed by atoms with Gasteiger partial charge in [-0.05, 0) is 56.2 Å². The number of allylic oxidation sites excluding steroid dienone is 1. The van der Waals surface area contributed by atoms with Crippen LogP contribution in [0.5, 0.6) is 11.5 Å². The van der Waals surface area contributed by atoms with Gasteiger partial charge in [0.25, 0.3) is 0 Å². The fourth-order valence-corrected chi connectivity index (χ4v) is 3.21. The Morgan fingerprint density at radius 3 is 2.17 bits per heavy atom. The lowest BCUT2D eigenvalue weighted by Gasteiger charge is -2.08. The number of rotatable bonds is 3. The molecule has 0 saturated heterocycles. The van der Waals surface area contributed by atoms with Gasteiger partial charge in [0.15, 0.2) is 5.76 Å². The number of benzene rings is 3. The summed E-state index contributed by atoms with van der Waals surface area (Å²) in [5.41, 5.74) is 4.76. The van der Waals surface area contributed by atoms with Crippen LogP contribution in [0.15, 0.2) is 66.4 Å². The van der Waals surface area contributed by atoms with Crippen molar-refractivity contribution in [2.75, 3.05) is 0 Å². The summed E-state index contributed by atoms with van der Waals surface area (Å²) < 4.78 is 11.3. The van der Waals surface area contributed by atoms with Crippen molar-refractivity contribution in [2.45, 2.75) is 20.8 Å². The van der Waals surface area contributed by atoms with E-state index in [-0.39, 0.29) is 11.5 Å². The van der Waals surface area contributed by atoms with E-state index in [0.717, 1.165) is 16.7 Å². The Kier molecular flexibility index (Phi) is 4.77. The Morgan fingerprint density at radius 2 is 1.52 bits per heavy atom. The van der Waals surface area contributed by atoms with Gasteiger partial charge in [0.1, 0.15) is 11.5 Å². The van der Waals surface area contributed by atoms with Gasteiger partial charge < -0.3 is 9.47 Å². The first kappa shape index (κ1) is 18.7. The van der Waals surface area contributed by atoms with Crippen LogP contribution < -0.4 is 9.47 Å². The SMILES string of the molecule is Cc1ccc(/C=C2\Oc3cc(OC(=O)c4ccc(C)cc4)cc(C)c3C2=O)cc1. The zero-order valence-electron chi connectivity index (χ0n) is 16.5. The third-order valence-corrected chi connectivity index (χ3v) is 4.82. The zero-order chi connectivity index (χ0) is 20.5. The second-order valence-electron chi connectivity index (χ2n) is 7.22. The number of carbonyl (C=O) groups is 2. The Bertz CT molecular complexity index is 1140. The van der Waals surface area contributed by atoms with Crippen LogP contribution in [0.3, 0.4) is 0 Å². The van der Waals surface area contributed by atoms with Gasteiger partial charge in [-0.1, -0.05) is 47.5 Å². The predicted molar refractivity (Wildman–Crippen MR) is 111 cm³/mol. The number of fused-ring (bicyclic) bond motifs is 1. The highest BCUT2D eigenvalue weighted by Gasteiger charge is 2.30. The highest BCUT2D eigenvalue weighted by Crippen LogP contribution is 2.37. The lowest BCUT2D eigenvalue weighted by molar-refractivity contribution is 0.0734. The molecular weight excluding hydrogens is 364 g/mol. The molecule has 4 rings (SSSR count). The molecule has 0 atom stereocenters. The molecule has 3 aromatic carbocycles. The molecule has 0 fully saturated rings. The third kappa shape index (κ3) is 3.83. The van der Waals surface area contributed by atoms with E-state index in [1.165, 1.54) is 0 Å². The Labute approximate surface area is 169 Å². The molecule has 1 aliphatic heterocycles. The molecule has 0 amide bonds. The summed E-state index contributed by atoms with van der Waals surface area (Å²) in [5, 5.41) is 0. The monoisotopic (exact) mass is 384 g/mol. The summed E-state index contributed by atoms with van der Waals surface area (Å²) in [6.07, 6.45) is 1.72. The van der Waals surface area contributed by atoms with Gasteiger partial charge >= 0.3 is 5.97 Å². The second-order valence-corrected chi connectivity index (χ2v) is 7.22. The van der Waals surface area contributed by atoms with E-state index in [1.807, 2.05) is 50.2 Å². The van der Waals surface area contributed by atoms with Crippen molar-refractivity contribution in [3.05, 3.63) is 99.8 Å². The van der Waals surface area contributed by atoms with Crippen molar-refractivity contribution in [3.8, 4) is 11.5 Å². The minimum absolute atomic E-state index is 0.172. The molecule has 4 nitrogen and oxygen atoms in total. The van der Waals surface area contributed by atoms with Gasteiger partial charge in [0, 0.05) is 6.07 Å². The van der Waals surface area contributed by atoms with Crippen molar-refractivity contribution in [1.29, 1.82) is 0 Å². The predicted octanol–water partition coefficient (Wildman–Crippen LogP) is 5.45. The molecule has 0 unspecified atom stereocenters. The van der Waals surface area contributed by atoms with E-state index in [1.54, 1.807) is 37.3 Å². The Hall–Kier alpha value is -3.66. The van der Waals surface area contributed by atoms with E-state index in [4.69, 9.17) is 9.47 Å². The molecule has 0 N–H and O–H groups in total. The molecule has 1 heterocycles. The molecule has 1 aliphatic rings. The largest absolute Gasteiger partial charge is 0.452 e.